The van der Waals surface area contributed by atoms with Gasteiger partial charge in [-0.2, -0.15) is 0 Å². The zero-order valence-corrected chi connectivity index (χ0v) is 6.16. The first kappa shape index (κ1) is 7.69. The number of rotatable bonds is 2. The summed E-state index contributed by atoms with van der Waals surface area (Å²) in [7, 11) is 0. The quantitative estimate of drug-likeness (QED) is 0.553. The molecule has 1 heterocycles. The van der Waals surface area contributed by atoms with Crippen LogP contribution < -0.4 is 0 Å². The fourth-order valence-corrected chi connectivity index (χ4v) is 1.42. The van der Waals surface area contributed by atoms with Crippen molar-refractivity contribution in [2.24, 2.45) is 0 Å². The second-order valence-electron chi connectivity index (χ2n) is 2.72. The van der Waals surface area contributed by atoms with E-state index in [2.05, 4.69) is 0 Å². The smallest absolute Gasteiger partial charge is 0.137 e. The van der Waals surface area contributed by atoms with Crippen LogP contribution in [0.15, 0.2) is 0 Å². The summed E-state index contributed by atoms with van der Waals surface area (Å²) >= 11 is 0. The van der Waals surface area contributed by atoms with Crippen LogP contribution in [0.3, 0.4) is 0 Å². The zero-order chi connectivity index (χ0) is 7.56. The molecule has 58 valence electrons. The molecule has 1 unspecified atom stereocenters. The van der Waals surface area contributed by atoms with Gasteiger partial charge in [0.1, 0.15) is 12.5 Å². The van der Waals surface area contributed by atoms with Gasteiger partial charge in [0.15, 0.2) is 0 Å². The van der Waals surface area contributed by atoms with E-state index >= 15 is 0 Å². The zero-order valence-electron chi connectivity index (χ0n) is 6.16. The van der Waals surface area contributed by atoms with E-state index in [9.17, 15) is 4.79 Å². The van der Waals surface area contributed by atoms with Gasteiger partial charge in [0.2, 0.25) is 0 Å². The molecule has 2 atom stereocenters. The molecule has 3 nitrogen and oxygen atoms in total. The second-order valence-corrected chi connectivity index (χ2v) is 2.72. The van der Waals surface area contributed by atoms with Crippen LogP contribution in [0.2, 0.25) is 0 Å². The summed E-state index contributed by atoms with van der Waals surface area (Å²) in [5, 5.41) is 9.12. The lowest BCUT2D eigenvalue weighted by Gasteiger charge is -2.22. The molecule has 1 aliphatic heterocycles. The minimum atomic E-state index is -0.474. The van der Waals surface area contributed by atoms with Gasteiger partial charge in [0, 0.05) is 6.54 Å². The molecule has 0 bridgehead atoms. The molecule has 3 heteroatoms. The molecule has 0 spiro atoms. The number of carbonyl (C=O) groups excluding carboxylic acids is 1. The van der Waals surface area contributed by atoms with Crippen molar-refractivity contribution in [3.8, 4) is 0 Å². The van der Waals surface area contributed by atoms with E-state index in [4.69, 9.17) is 5.11 Å². The minimum absolute atomic E-state index is 0.0417. The summed E-state index contributed by atoms with van der Waals surface area (Å²) in [4.78, 5) is 12.2. The van der Waals surface area contributed by atoms with E-state index in [0.717, 1.165) is 25.7 Å². The van der Waals surface area contributed by atoms with Gasteiger partial charge >= 0.3 is 0 Å². The highest BCUT2D eigenvalue weighted by Crippen LogP contribution is 2.16. The van der Waals surface area contributed by atoms with Gasteiger partial charge in [-0.25, -0.2) is 0 Å². The van der Waals surface area contributed by atoms with Crippen molar-refractivity contribution in [3.05, 3.63) is 0 Å². The van der Waals surface area contributed by atoms with Gasteiger partial charge < -0.3 is 9.90 Å². The molecule has 1 aliphatic rings. The number of hydrogen-bond donors (Lipinski definition) is 1. The van der Waals surface area contributed by atoms with Crippen LogP contribution >= 0.6 is 0 Å². The van der Waals surface area contributed by atoms with Crippen LogP contribution in [-0.4, -0.2) is 35.1 Å². The topological polar surface area (TPSA) is 40.5 Å². The highest BCUT2D eigenvalue weighted by molar-refractivity contribution is 5.58. The van der Waals surface area contributed by atoms with Crippen LogP contribution in [0.25, 0.3) is 0 Å². The molecule has 0 aromatic heterocycles. The van der Waals surface area contributed by atoms with Crippen molar-refractivity contribution in [3.63, 3.8) is 0 Å². The normalized spacial score (nSPS) is 30.4. The van der Waals surface area contributed by atoms with Crippen molar-refractivity contribution in [1.82, 2.24) is 4.90 Å². The molecule has 1 rings (SSSR count). The molecule has 0 aromatic carbocycles. The summed E-state index contributed by atoms with van der Waals surface area (Å²) in [5.41, 5.74) is 0. The molecule has 0 aliphatic carbocycles. The Bertz CT molecular complexity index is 125. The van der Waals surface area contributed by atoms with Crippen LogP contribution in [0.5, 0.6) is 0 Å². The Morgan fingerprint density at radius 2 is 2.50 bits per heavy atom. The van der Waals surface area contributed by atoms with Crippen LogP contribution in [0, 0.1) is 0 Å². The summed E-state index contributed by atoms with van der Waals surface area (Å²) in [5.74, 6) is 0. The summed E-state index contributed by atoms with van der Waals surface area (Å²) in [6.07, 6.45) is 2.36. The molecule has 10 heavy (non-hydrogen) atoms. The molecular formula is C7H13NO2. The first-order valence-electron chi connectivity index (χ1n) is 3.65. The average Bonchev–Trinajstić information content (AvgIpc) is 2.33. The summed E-state index contributed by atoms with van der Waals surface area (Å²) in [6.45, 7) is 2.54. The number of hydrogen-bond acceptors (Lipinski definition) is 3. The lowest BCUT2D eigenvalue weighted by molar-refractivity contribution is -0.114. The first-order valence-corrected chi connectivity index (χ1v) is 3.65. The number of carbonyl (C=O) groups is 1. The van der Waals surface area contributed by atoms with Gasteiger partial charge in [0.25, 0.3) is 0 Å². The predicted octanol–water partition coefficient (Wildman–Crippen LogP) is -0.0120. The van der Waals surface area contributed by atoms with Crippen molar-refractivity contribution in [1.29, 1.82) is 0 Å². The van der Waals surface area contributed by atoms with Crippen molar-refractivity contribution >= 4 is 6.29 Å². The van der Waals surface area contributed by atoms with E-state index in [1.54, 1.807) is 6.92 Å². The van der Waals surface area contributed by atoms with E-state index in [1.807, 2.05) is 4.90 Å². The molecule has 0 saturated carbocycles. The van der Waals surface area contributed by atoms with E-state index in [-0.39, 0.29) is 6.04 Å². The van der Waals surface area contributed by atoms with Crippen LogP contribution in [0.4, 0.5) is 0 Å². The average molecular weight is 143 g/mol. The SMILES string of the molecule is CC(O)N1CCC[C@H]1C=O. The second kappa shape index (κ2) is 3.12. The highest BCUT2D eigenvalue weighted by Gasteiger charge is 2.26. The molecule has 1 saturated heterocycles. The third-order valence-electron chi connectivity index (χ3n) is 1.98. The molecule has 0 amide bonds. The van der Waals surface area contributed by atoms with Crippen molar-refractivity contribution < 1.29 is 9.90 Å². The monoisotopic (exact) mass is 143 g/mol. The first-order chi connectivity index (χ1) is 4.75. The van der Waals surface area contributed by atoms with E-state index in [1.165, 1.54) is 0 Å². The lowest BCUT2D eigenvalue weighted by atomic mass is 10.2. The Labute approximate surface area is 60.6 Å². The van der Waals surface area contributed by atoms with Crippen molar-refractivity contribution in [2.45, 2.75) is 32.0 Å². The fraction of sp³-hybridized carbons (Fsp3) is 0.857. The Kier molecular flexibility index (Phi) is 2.40. The van der Waals surface area contributed by atoms with Gasteiger partial charge in [-0.05, 0) is 19.8 Å². The predicted molar refractivity (Wildman–Crippen MR) is 37.5 cm³/mol. The maximum atomic E-state index is 10.4. The summed E-state index contributed by atoms with van der Waals surface area (Å²) in [6, 6.07) is -0.0417. The number of likely N-dealkylation sites (tertiary alicyclic amines) is 1. The Hall–Kier alpha value is -0.410. The number of aliphatic hydroxyl groups excluding tert-OH is 1. The molecular weight excluding hydrogens is 130 g/mol. The van der Waals surface area contributed by atoms with E-state index < -0.39 is 6.23 Å². The van der Waals surface area contributed by atoms with Gasteiger partial charge in [-0.1, -0.05) is 0 Å². The number of aldehydes is 1. The van der Waals surface area contributed by atoms with Crippen LogP contribution in [-0.2, 0) is 4.79 Å². The van der Waals surface area contributed by atoms with E-state index in [0.29, 0.717) is 0 Å². The molecule has 0 aromatic rings. The highest BCUT2D eigenvalue weighted by atomic mass is 16.3. The van der Waals surface area contributed by atoms with Gasteiger partial charge in [-0.3, -0.25) is 4.90 Å². The largest absolute Gasteiger partial charge is 0.379 e. The number of nitrogens with zero attached hydrogens (tertiary/aromatic N) is 1. The maximum absolute atomic E-state index is 10.4. The standard InChI is InChI=1S/C7H13NO2/c1-6(10)8-4-2-3-7(8)5-9/h5-7,10H,2-4H2,1H3/t6?,7-/m0/s1. The lowest BCUT2D eigenvalue weighted by Crippen LogP contribution is -2.37. The van der Waals surface area contributed by atoms with Gasteiger partial charge in [-0.15, -0.1) is 0 Å². The molecule has 1 fully saturated rings. The van der Waals surface area contributed by atoms with Crippen molar-refractivity contribution in [2.75, 3.05) is 6.54 Å². The molecule has 0 radical (unpaired) electrons. The van der Waals surface area contributed by atoms with Gasteiger partial charge in [0.05, 0.1) is 6.04 Å². The number of aliphatic hydroxyl groups is 1. The Morgan fingerprint density at radius 3 is 2.90 bits per heavy atom. The fourth-order valence-electron chi connectivity index (χ4n) is 1.42. The van der Waals surface area contributed by atoms with Crippen LogP contribution in [0.1, 0.15) is 19.8 Å². The summed E-state index contributed by atoms with van der Waals surface area (Å²) < 4.78 is 0. The maximum Gasteiger partial charge on any atom is 0.137 e. The molecule has 1 N–H and O–H groups in total. The Balaban J connectivity index is 2.49. The third-order valence-corrected chi connectivity index (χ3v) is 1.98. The third kappa shape index (κ3) is 1.36. The minimum Gasteiger partial charge on any atom is -0.379 e. The Morgan fingerprint density at radius 1 is 1.80 bits per heavy atom.